The fourth-order valence-electron chi connectivity index (χ4n) is 4.36. The monoisotopic (exact) mass is 464 g/mol. The largest absolute Gasteiger partial charge is 0.328 e. The third-order valence-electron chi connectivity index (χ3n) is 5.82. The number of hydrogen-bond donors (Lipinski definition) is 0. The van der Waals surface area contributed by atoms with Gasteiger partial charge in [-0.3, -0.25) is 9.88 Å². The predicted octanol–water partition coefficient (Wildman–Crippen LogP) is 7.01. The van der Waals surface area contributed by atoms with E-state index in [0.29, 0.717) is 27.8 Å². The van der Waals surface area contributed by atoms with Crippen LogP contribution in [0.1, 0.15) is 35.6 Å². The minimum atomic E-state index is 0.407. The van der Waals surface area contributed by atoms with Gasteiger partial charge in [-0.15, -0.1) is 0 Å². The molecule has 0 bridgehead atoms. The summed E-state index contributed by atoms with van der Waals surface area (Å²) in [6.07, 6.45) is 5.12. The maximum absolute atomic E-state index is 6.14. The van der Waals surface area contributed by atoms with Crippen molar-refractivity contribution in [2.75, 3.05) is 11.4 Å². The quantitative estimate of drug-likeness (QED) is 0.307. The number of pyridine rings is 1. The van der Waals surface area contributed by atoms with E-state index in [9.17, 15) is 0 Å². The lowest BCUT2D eigenvalue weighted by Crippen LogP contribution is -2.16. The van der Waals surface area contributed by atoms with Crippen molar-refractivity contribution in [1.82, 2.24) is 15.1 Å². The normalized spacial score (nSPS) is 15.2. The van der Waals surface area contributed by atoms with Crippen LogP contribution in [0.15, 0.2) is 65.3 Å². The number of aryl methyl sites for hydroxylation is 2. The molecule has 1 atom stereocenters. The third kappa shape index (κ3) is 4.36. The van der Waals surface area contributed by atoms with Gasteiger partial charge >= 0.3 is 6.01 Å². The number of para-hydroxylation sites is 1. The summed E-state index contributed by atoms with van der Waals surface area (Å²) in [5, 5.41) is 5.24. The van der Waals surface area contributed by atoms with Gasteiger partial charge < -0.3 is 4.52 Å². The Kier molecular flexibility index (Phi) is 5.85. The number of rotatable bonds is 6. The summed E-state index contributed by atoms with van der Waals surface area (Å²) in [4.78, 5) is 11.0. The first kappa shape index (κ1) is 21.0. The first-order chi connectivity index (χ1) is 15.6. The SMILES string of the molecule is Cc1cc(CCCC2CN(c3nc(-c4cc(Cl)cc(Cl)c4)no3)c3ccccc32)ccn1. The molecule has 0 fully saturated rings. The van der Waals surface area contributed by atoms with Gasteiger partial charge in [-0.05, 0) is 73.7 Å². The molecular formula is C25H22Cl2N4O. The van der Waals surface area contributed by atoms with E-state index < -0.39 is 0 Å². The van der Waals surface area contributed by atoms with E-state index in [1.165, 1.54) is 11.1 Å². The molecule has 0 radical (unpaired) electrons. The average molecular weight is 465 g/mol. The Labute approximate surface area is 197 Å². The van der Waals surface area contributed by atoms with Crippen molar-refractivity contribution in [2.45, 2.75) is 32.1 Å². The lowest BCUT2D eigenvalue weighted by molar-refractivity contribution is 0.421. The number of hydrogen-bond acceptors (Lipinski definition) is 5. The van der Waals surface area contributed by atoms with E-state index in [2.05, 4.69) is 50.4 Å². The van der Waals surface area contributed by atoms with Crippen LogP contribution in [0.3, 0.4) is 0 Å². The van der Waals surface area contributed by atoms with Crippen molar-refractivity contribution in [3.05, 3.63) is 87.7 Å². The van der Waals surface area contributed by atoms with Crippen LogP contribution in [0.5, 0.6) is 0 Å². The fraction of sp³-hybridized carbons (Fsp3) is 0.240. The second-order valence-electron chi connectivity index (χ2n) is 8.12. The first-order valence-corrected chi connectivity index (χ1v) is 11.4. The maximum Gasteiger partial charge on any atom is 0.328 e. The van der Waals surface area contributed by atoms with Gasteiger partial charge in [-0.2, -0.15) is 4.98 Å². The molecule has 0 spiro atoms. The fourth-order valence-corrected chi connectivity index (χ4v) is 4.89. The van der Waals surface area contributed by atoms with Gasteiger partial charge in [0.1, 0.15) is 0 Å². The zero-order chi connectivity index (χ0) is 22.1. The first-order valence-electron chi connectivity index (χ1n) is 10.6. The average Bonchev–Trinajstić information content (AvgIpc) is 3.39. The van der Waals surface area contributed by atoms with E-state index in [-0.39, 0.29) is 0 Å². The van der Waals surface area contributed by atoms with Crippen molar-refractivity contribution in [3.63, 3.8) is 0 Å². The van der Waals surface area contributed by atoms with Crippen LogP contribution in [0.4, 0.5) is 11.7 Å². The molecule has 0 saturated heterocycles. The van der Waals surface area contributed by atoms with Crippen LogP contribution in [0.2, 0.25) is 10.0 Å². The smallest absolute Gasteiger partial charge is 0.314 e. The van der Waals surface area contributed by atoms with Gasteiger partial charge in [0.15, 0.2) is 0 Å². The highest BCUT2D eigenvalue weighted by molar-refractivity contribution is 6.35. The molecule has 1 aliphatic heterocycles. The highest BCUT2D eigenvalue weighted by Gasteiger charge is 2.32. The van der Waals surface area contributed by atoms with Gasteiger partial charge in [0, 0.05) is 45.6 Å². The summed E-state index contributed by atoms with van der Waals surface area (Å²) in [6, 6.07) is 18.4. The molecule has 0 N–H and O–H groups in total. The second-order valence-corrected chi connectivity index (χ2v) is 9.00. The zero-order valence-electron chi connectivity index (χ0n) is 17.6. The molecule has 4 aromatic rings. The molecule has 32 heavy (non-hydrogen) atoms. The Morgan fingerprint density at radius 3 is 2.69 bits per heavy atom. The Balaban J connectivity index is 1.34. The van der Waals surface area contributed by atoms with Gasteiger partial charge in [0.05, 0.1) is 0 Å². The number of nitrogens with zero attached hydrogens (tertiary/aromatic N) is 4. The van der Waals surface area contributed by atoms with Crippen molar-refractivity contribution in [1.29, 1.82) is 0 Å². The number of aromatic nitrogens is 3. The molecule has 1 unspecified atom stereocenters. The molecule has 7 heteroatoms. The molecule has 0 aliphatic carbocycles. The van der Waals surface area contributed by atoms with E-state index in [0.717, 1.165) is 42.8 Å². The Bertz CT molecular complexity index is 1240. The van der Waals surface area contributed by atoms with Crippen molar-refractivity contribution < 1.29 is 4.52 Å². The van der Waals surface area contributed by atoms with Crippen molar-refractivity contribution >= 4 is 34.9 Å². The summed E-state index contributed by atoms with van der Waals surface area (Å²) in [5.74, 6) is 0.878. The molecule has 5 nitrogen and oxygen atoms in total. The summed E-state index contributed by atoms with van der Waals surface area (Å²) in [6.45, 7) is 2.84. The van der Waals surface area contributed by atoms with E-state index in [4.69, 9.17) is 27.7 Å². The predicted molar refractivity (Wildman–Crippen MR) is 128 cm³/mol. The van der Waals surface area contributed by atoms with E-state index in [1.54, 1.807) is 18.2 Å². The van der Waals surface area contributed by atoms with Crippen LogP contribution in [0.25, 0.3) is 11.4 Å². The van der Waals surface area contributed by atoms with Crippen molar-refractivity contribution in [2.24, 2.45) is 0 Å². The third-order valence-corrected chi connectivity index (χ3v) is 6.25. The van der Waals surface area contributed by atoms with Gasteiger partial charge in [-0.25, -0.2) is 0 Å². The summed E-state index contributed by atoms with van der Waals surface area (Å²) >= 11 is 12.3. The lowest BCUT2D eigenvalue weighted by Gasteiger charge is -2.14. The molecule has 0 amide bonds. The highest BCUT2D eigenvalue weighted by Crippen LogP contribution is 2.42. The van der Waals surface area contributed by atoms with Crippen molar-refractivity contribution in [3.8, 4) is 11.4 Å². The van der Waals surface area contributed by atoms with E-state index >= 15 is 0 Å². The van der Waals surface area contributed by atoms with Crippen LogP contribution in [-0.2, 0) is 6.42 Å². The van der Waals surface area contributed by atoms with Crippen LogP contribution in [-0.4, -0.2) is 21.7 Å². The number of anilines is 2. The molecular weight excluding hydrogens is 443 g/mol. The topological polar surface area (TPSA) is 55.1 Å². The number of halogens is 2. The summed E-state index contributed by atoms with van der Waals surface area (Å²) in [5.41, 5.74) is 5.57. The van der Waals surface area contributed by atoms with E-state index in [1.807, 2.05) is 19.2 Å². The van der Waals surface area contributed by atoms with Gasteiger partial charge in [0.25, 0.3) is 0 Å². The van der Waals surface area contributed by atoms with Crippen LogP contribution in [0, 0.1) is 6.92 Å². The second kappa shape index (κ2) is 8.93. The molecule has 5 rings (SSSR count). The number of fused-ring (bicyclic) bond motifs is 1. The molecule has 1 aliphatic rings. The number of benzene rings is 2. The maximum atomic E-state index is 6.14. The standard InChI is InChI=1S/C25H22Cl2N4O/c1-16-11-17(9-10-28-16)5-4-6-18-15-31(23-8-3-2-7-22(18)23)25-29-24(30-32-25)19-12-20(26)14-21(27)13-19/h2-3,7-14,18H,4-6,15H2,1H3. The summed E-state index contributed by atoms with van der Waals surface area (Å²) in [7, 11) is 0. The zero-order valence-corrected chi connectivity index (χ0v) is 19.1. The molecule has 162 valence electrons. The lowest BCUT2D eigenvalue weighted by atomic mass is 9.94. The Hall–Kier alpha value is -2.89. The van der Waals surface area contributed by atoms with Crippen LogP contribution < -0.4 is 4.90 Å². The highest BCUT2D eigenvalue weighted by atomic mass is 35.5. The summed E-state index contributed by atoms with van der Waals surface area (Å²) < 4.78 is 5.65. The van der Waals surface area contributed by atoms with Gasteiger partial charge in [-0.1, -0.05) is 46.6 Å². The Morgan fingerprint density at radius 1 is 1.06 bits per heavy atom. The Morgan fingerprint density at radius 2 is 1.88 bits per heavy atom. The minimum absolute atomic E-state index is 0.407. The molecule has 3 heterocycles. The molecule has 0 saturated carbocycles. The minimum Gasteiger partial charge on any atom is -0.314 e. The molecule has 2 aromatic heterocycles. The molecule has 2 aromatic carbocycles. The van der Waals surface area contributed by atoms with Gasteiger partial charge in [0.2, 0.25) is 5.82 Å². The van der Waals surface area contributed by atoms with Crippen LogP contribution >= 0.6 is 23.2 Å².